The van der Waals surface area contributed by atoms with Gasteiger partial charge in [0.2, 0.25) is 5.91 Å². The Morgan fingerprint density at radius 1 is 0.969 bits per heavy atom. The molecule has 32 heavy (non-hydrogen) atoms. The smallest absolute Gasteiger partial charge is 0.251 e. The minimum atomic E-state index is -0.190. The first-order valence-electron chi connectivity index (χ1n) is 10.4. The van der Waals surface area contributed by atoms with E-state index in [2.05, 4.69) is 22.5 Å². The summed E-state index contributed by atoms with van der Waals surface area (Å²) < 4.78 is 5.47. The van der Waals surface area contributed by atoms with Crippen LogP contribution in [0.25, 0.3) is 0 Å². The standard InChI is InChI=1S/C26H27N3O3/c1-3-16-32-24-11-7-10-23(17-24)29-25(30)18-27-22-14-12-21(13-15-22)26(31)28-19(2)20-8-5-4-6-9-20/h3-15,17,19,27H,1,16,18H2,2H3,(H,28,31)(H,29,30). The number of carbonyl (C=O) groups excluding carboxylic acids is 2. The molecule has 0 saturated carbocycles. The van der Waals surface area contributed by atoms with Gasteiger partial charge in [-0.3, -0.25) is 9.59 Å². The van der Waals surface area contributed by atoms with E-state index in [4.69, 9.17) is 4.74 Å². The van der Waals surface area contributed by atoms with Gasteiger partial charge in [-0.2, -0.15) is 0 Å². The van der Waals surface area contributed by atoms with Crippen molar-refractivity contribution in [3.8, 4) is 5.75 Å². The molecule has 0 heterocycles. The van der Waals surface area contributed by atoms with Gasteiger partial charge >= 0.3 is 0 Å². The van der Waals surface area contributed by atoms with Crippen LogP contribution in [0.4, 0.5) is 11.4 Å². The zero-order valence-electron chi connectivity index (χ0n) is 18.0. The Morgan fingerprint density at radius 2 is 1.72 bits per heavy atom. The maximum absolute atomic E-state index is 12.5. The highest BCUT2D eigenvalue weighted by Crippen LogP contribution is 2.18. The molecule has 3 aromatic rings. The second-order valence-corrected chi connectivity index (χ2v) is 7.21. The third-order valence-corrected chi connectivity index (χ3v) is 4.73. The summed E-state index contributed by atoms with van der Waals surface area (Å²) in [6.07, 6.45) is 1.66. The van der Waals surface area contributed by atoms with Gasteiger partial charge in [-0.25, -0.2) is 0 Å². The molecule has 164 valence electrons. The lowest BCUT2D eigenvalue weighted by Gasteiger charge is -2.14. The van der Waals surface area contributed by atoms with E-state index in [0.717, 1.165) is 11.3 Å². The molecule has 0 bridgehead atoms. The lowest BCUT2D eigenvalue weighted by atomic mass is 10.1. The van der Waals surface area contributed by atoms with Gasteiger partial charge in [0.05, 0.1) is 12.6 Å². The van der Waals surface area contributed by atoms with Gasteiger partial charge < -0.3 is 20.7 Å². The van der Waals surface area contributed by atoms with Crippen LogP contribution in [0.3, 0.4) is 0 Å². The maximum atomic E-state index is 12.5. The van der Waals surface area contributed by atoms with E-state index in [1.165, 1.54) is 0 Å². The summed E-state index contributed by atoms with van der Waals surface area (Å²) in [6, 6.07) is 23.9. The van der Waals surface area contributed by atoms with Gasteiger partial charge in [-0.05, 0) is 48.9 Å². The number of hydrogen-bond donors (Lipinski definition) is 3. The molecular formula is C26H27N3O3. The molecule has 3 aromatic carbocycles. The van der Waals surface area contributed by atoms with E-state index in [9.17, 15) is 9.59 Å². The third kappa shape index (κ3) is 6.74. The first kappa shape index (κ1) is 22.6. The summed E-state index contributed by atoms with van der Waals surface area (Å²) in [5.41, 5.74) is 3.00. The average molecular weight is 430 g/mol. The summed E-state index contributed by atoms with van der Waals surface area (Å²) in [4.78, 5) is 24.7. The lowest BCUT2D eigenvalue weighted by molar-refractivity contribution is -0.114. The summed E-state index contributed by atoms with van der Waals surface area (Å²) in [5.74, 6) is 0.319. The molecular weight excluding hydrogens is 402 g/mol. The number of nitrogens with one attached hydrogen (secondary N) is 3. The van der Waals surface area contributed by atoms with Gasteiger partial charge in [-0.15, -0.1) is 0 Å². The molecule has 0 aliphatic carbocycles. The van der Waals surface area contributed by atoms with E-state index < -0.39 is 0 Å². The number of hydrogen-bond acceptors (Lipinski definition) is 4. The zero-order valence-corrected chi connectivity index (χ0v) is 18.0. The van der Waals surface area contributed by atoms with Gasteiger partial charge in [0.15, 0.2) is 0 Å². The van der Waals surface area contributed by atoms with Crippen molar-refractivity contribution >= 4 is 23.2 Å². The van der Waals surface area contributed by atoms with Crippen LogP contribution in [0.2, 0.25) is 0 Å². The van der Waals surface area contributed by atoms with Crippen molar-refractivity contribution in [2.45, 2.75) is 13.0 Å². The molecule has 0 aliphatic rings. The predicted molar refractivity (Wildman–Crippen MR) is 128 cm³/mol. The number of amides is 2. The zero-order chi connectivity index (χ0) is 22.8. The summed E-state index contributed by atoms with van der Waals surface area (Å²) in [5, 5.41) is 8.87. The molecule has 0 spiro atoms. The summed E-state index contributed by atoms with van der Waals surface area (Å²) in [6.45, 7) is 6.05. The van der Waals surface area contributed by atoms with Gasteiger partial charge in [-0.1, -0.05) is 49.1 Å². The number of anilines is 2. The van der Waals surface area contributed by atoms with E-state index >= 15 is 0 Å². The SMILES string of the molecule is C=CCOc1cccc(NC(=O)CNc2ccc(C(=O)NC(C)c3ccccc3)cc2)c1. The molecule has 3 N–H and O–H groups in total. The van der Waals surface area contributed by atoms with E-state index in [1.54, 1.807) is 42.5 Å². The monoisotopic (exact) mass is 429 g/mol. The summed E-state index contributed by atoms with van der Waals surface area (Å²) in [7, 11) is 0. The Bertz CT molecular complexity index is 1050. The van der Waals surface area contributed by atoms with Crippen molar-refractivity contribution in [3.63, 3.8) is 0 Å². The molecule has 1 atom stereocenters. The molecule has 6 nitrogen and oxygen atoms in total. The predicted octanol–water partition coefficient (Wildman–Crippen LogP) is 4.79. The fourth-order valence-electron chi connectivity index (χ4n) is 3.05. The fraction of sp³-hybridized carbons (Fsp3) is 0.154. The first-order chi connectivity index (χ1) is 15.5. The number of carbonyl (C=O) groups is 2. The van der Waals surface area contributed by atoms with Crippen LogP contribution in [0.5, 0.6) is 5.75 Å². The van der Waals surface area contributed by atoms with E-state index in [-0.39, 0.29) is 24.4 Å². The van der Waals surface area contributed by atoms with Crippen LogP contribution < -0.4 is 20.7 Å². The second-order valence-electron chi connectivity index (χ2n) is 7.21. The third-order valence-electron chi connectivity index (χ3n) is 4.73. The van der Waals surface area contributed by atoms with Crippen molar-refractivity contribution in [3.05, 3.63) is 103 Å². The van der Waals surface area contributed by atoms with Crippen molar-refractivity contribution < 1.29 is 14.3 Å². The molecule has 0 fully saturated rings. The maximum Gasteiger partial charge on any atom is 0.251 e. The summed E-state index contributed by atoms with van der Waals surface area (Å²) >= 11 is 0. The Balaban J connectivity index is 1.48. The first-order valence-corrected chi connectivity index (χ1v) is 10.4. The van der Waals surface area contributed by atoms with Crippen LogP contribution in [0, 0.1) is 0 Å². The average Bonchev–Trinajstić information content (AvgIpc) is 2.82. The number of rotatable bonds is 10. The van der Waals surface area contributed by atoms with Crippen LogP contribution >= 0.6 is 0 Å². The minimum absolute atomic E-state index is 0.0916. The number of ether oxygens (including phenoxy) is 1. The van der Waals surface area contributed by atoms with Crippen LogP contribution in [0.1, 0.15) is 28.9 Å². The topological polar surface area (TPSA) is 79.5 Å². The van der Waals surface area contributed by atoms with E-state index in [0.29, 0.717) is 23.6 Å². The second kappa shape index (κ2) is 11.4. The quantitative estimate of drug-likeness (QED) is 0.405. The molecule has 0 aromatic heterocycles. The van der Waals surface area contributed by atoms with Gasteiger partial charge in [0.25, 0.3) is 5.91 Å². The molecule has 0 radical (unpaired) electrons. The fourth-order valence-corrected chi connectivity index (χ4v) is 3.05. The normalized spacial score (nSPS) is 11.2. The van der Waals surface area contributed by atoms with Crippen LogP contribution in [-0.4, -0.2) is 25.0 Å². The largest absolute Gasteiger partial charge is 0.489 e. The highest BCUT2D eigenvalue weighted by molar-refractivity contribution is 5.95. The Kier molecular flexibility index (Phi) is 8.03. The Hall–Kier alpha value is -4.06. The Labute approximate surface area is 188 Å². The molecule has 0 saturated heterocycles. The van der Waals surface area contributed by atoms with Crippen molar-refractivity contribution in [1.82, 2.24) is 5.32 Å². The molecule has 2 amide bonds. The Morgan fingerprint density at radius 3 is 2.44 bits per heavy atom. The number of benzene rings is 3. The van der Waals surface area contributed by atoms with Gasteiger partial charge in [0.1, 0.15) is 12.4 Å². The van der Waals surface area contributed by atoms with Crippen LogP contribution in [0.15, 0.2) is 91.5 Å². The van der Waals surface area contributed by atoms with Crippen molar-refractivity contribution in [2.75, 3.05) is 23.8 Å². The van der Waals surface area contributed by atoms with Crippen LogP contribution in [-0.2, 0) is 4.79 Å². The lowest BCUT2D eigenvalue weighted by Crippen LogP contribution is -2.26. The van der Waals surface area contributed by atoms with Gasteiger partial charge in [0, 0.05) is 23.0 Å². The molecule has 3 rings (SSSR count). The molecule has 0 aliphatic heterocycles. The van der Waals surface area contributed by atoms with E-state index in [1.807, 2.05) is 49.4 Å². The molecule has 6 heteroatoms. The molecule has 1 unspecified atom stereocenters. The van der Waals surface area contributed by atoms with Crippen molar-refractivity contribution in [1.29, 1.82) is 0 Å². The minimum Gasteiger partial charge on any atom is -0.489 e. The van der Waals surface area contributed by atoms with Crippen molar-refractivity contribution in [2.24, 2.45) is 0 Å². The highest BCUT2D eigenvalue weighted by atomic mass is 16.5. The highest BCUT2D eigenvalue weighted by Gasteiger charge is 2.11.